The normalized spacial score (nSPS) is 28.3. The summed E-state index contributed by atoms with van der Waals surface area (Å²) in [6.07, 6.45) is 7.58. The molecule has 2 fully saturated rings. The molecule has 2 bridgehead atoms. The first kappa shape index (κ1) is 13.0. The van der Waals surface area contributed by atoms with E-state index in [4.69, 9.17) is 5.10 Å². The second-order valence-electron chi connectivity index (χ2n) is 6.62. The lowest BCUT2D eigenvalue weighted by Gasteiger charge is -2.32. The molecule has 3 heterocycles. The third-order valence-corrected chi connectivity index (χ3v) is 5.44. The molecule has 0 amide bonds. The highest BCUT2D eigenvalue weighted by atomic mass is 15.3. The third kappa shape index (κ3) is 1.94. The smallest absolute Gasteiger partial charge is 0.0938 e. The number of fused-ring (bicyclic) bond motifs is 5. The summed E-state index contributed by atoms with van der Waals surface area (Å²) in [4.78, 5) is 9.07. The lowest BCUT2D eigenvalue weighted by molar-refractivity contribution is 0.485. The molecule has 0 aromatic carbocycles. The first-order valence-electron chi connectivity index (χ1n) is 8.32. The summed E-state index contributed by atoms with van der Waals surface area (Å²) >= 11 is 0. The van der Waals surface area contributed by atoms with Crippen LogP contribution in [-0.2, 0) is 0 Å². The third-order valence-electron chi connectivity index (χ3n) is 5.44. The molecule has 1 N–H and O–H groups in total. The summed E-state index contributed by atoms with van der Waals surface area (Å²) in [6, 6.07) is 12.1. The van der Waals surface area contributed by atoms with Crippen molar-refractivity contribution in [3.63, 3.8) is 0 Å². The first-order valence-corrected chi connectivity index (χ1v) is 8.32. The Morgan fingerprint density at radius 2 is 1.70 bits per heavy atom. The maximum Gasteiger partial charge on any atom is 0.0938 e. The Bertz CT molecular complexity index is 795. The monoisotopic (exact) mass is 302 g/mol. The second-order valence-corrected chi connectivity index (χ2v) is 6.62. The Morgan fingerprint density at radius 1 is 0.913 bits per heavy atom. The van der Waals surface area contributed by atoms with Gasteiger partial charge < -0.3 is 0 Å². The maximum atomic E-state index is 4.73. The van der Waals surface area contributed by atoms with Gasteiger partial charge in [0.2, 0.25) is 0 Å². The molecule has 5 rings (SSSR count). The molecule has 3 unspecified atom stereocenters. The zero-order valence-electron chi connectivity index (χ0n) is 12.8. The summed E-state index contributed by atoms with van der Waals surface area (Å²) in [5.74, 6) is 1.78. The van der Waals surface area contributed by atoms with Gasteiger partial charge in [0.15, 0.2) is 0 Å². The largest absolute Gasteiger partial charge is 0.276 e. The quantitative estimate of drug-likeness (QED) is 0.926. The van der Waals surface area contributed by atoms with Crippen molar-refractivity contribution in [2.24, 2.45) is 22.9 Å². The molecule has 2 aromatic heterocycles. The first-order chi connectivity index (χ1) is 11.4. The van der Waals surface area contributed by atoms with Crippen LogP contribution in [0.2, 0.25) is 0 Å². The van der Waals surface area contributed by atoms with E-state index < -0.39 is 0 Å². The van der Waals surface area contributed by atoms with E-state index in [2.05, 4.69) is 27.5 Å². The van der Waals surface area contributed by atoms with Crippen molar-refractivity contribution < 1.29 is 0 Å². The fourth-order valence-corrected chi connectivity index (χ4v) is 4.54. The van der Waals surface area contributed by atoms with Crippen molar-refractivity contribution in [1.82, 2.24) is 15.4 Å². The summed E-state index contributed by atoms with van der Waals surface area (Å²) < 4.78 is 0. The number of hydrogen-bond acceptors (Lipinski definition) is 4. The Balaban J connectivity index is 1.63. The molecule has 3 aliphatic rings. The average Bonchev–Trinajstić information content (AvgIpc) is 3.25. The Morgan fingerprint density at radius 3 is 2.43 bits per heavy atom. The number of hydrazone groups is 1. The number of pyridine rings is 2. The molecule has 0 spiro atoms. The van der Waals surface area contributed by atoms with Gasteiger partial charge in [0.05, 0.1) is 22.8 Å². The van der Waals surface area contributed by atoms with Crippen molar-refractivity contribution >= 4 is 11.4 Å². The minimum Gasteiger partial charge on any atom is -0.276 e. The van der Waals surface area contributed by atoms with Crippen LogP contribution < -0.4 is 5.43 Å². The molecule has 114 valence electrons. The van der Waals surface area contributed by atoms with Crippen molar-refractivity contribution in [2.45, 2.75) is 19.3 Å². The molecule has 4 nitrogen and oxygen atoms in total. The van der Waals surface area contributed by atoms with Crippen molar-refractivity contribution in [2.75, 3.05) is 0 Å². The minimum absolute atomic E-state index is 0.405. The van der Waals surface area contributed by atoms with Crippen LogP contribution in [0.1, 0.15) is 30.7 Å². The van der Waals surface area contributed by atoms with Crippen LogP contribution in [0.15, 0.2) is 59.5 Å². The number of hydrogen-bond donors (Lipinski definition) is 1. The van der Waals surface area contributed by atoms with Crippen LogP contribution in [0.4, 0.5) is 0 Å². The summed E-state index contributed by atoms with van der Waals surface area (Å²) in [5.41, 5.74) is 9.05. The van der Waals surface area contributed by atoms with E-state index in [0.717, 1.165) is 22.8 Å². The molecule has 2 aromatic rings. The van der Waals surface area contributed by atoms with Gasteiger partial charge >= 0.3 is 0 Å². The van der Waals surface area contributed by atoms with E-state index in [9.17, 15) is 0 Å². The van der Waals surface area contributed by atoms with Crippen molar-refractivity contribution in [3.8, 4) is 0 Å². The van der Waals surface area contributed by atoms with Crippen LogP contribution in [0, 0.1) is 17.8 Å². The van der Waals surface area contributed by atoms with Crippen LogP contribution in [0.25, 0.3) is 5.70 Å². The molecule has 0 saturated heterocycles. The highest BCUT2D eigenvalue weighted by Crippen LogP contribution is 2.55. The van der Waals surface area contributed by atoms with Gasteiger partial charge in [-0.1, -0.05) is 12.1 Å². The molecule has 3 atom stereocenters. The highest BCUT2D eigenvalue weighted by molar-refractivity contribution is 6.05. The zero-order valence-corrected chi connectivity index (χ0v) is 12.8. The number of aromatic nitrogens is 2. The number of nitrogens with zero attached hydrogens (tertiary/aromatic N) is 3. The standard InChI is InChI=1S/C19H18N4/c1-3-9-20-14(5-1)18-16-12-7-8-13(11-12)17(16)19(23-22-18)15-6-2-4-10-21-15/h1-6,9-10,12-13,16,23H,7-8,11H2. The maximum absolute atomic E-state index is 4.73. The minimum atomic E-state index is 0.405. The van der Waals surface area contributed by atoms with Gasteiger partial charge in [-0.2, -0.15) is 5.10 Å². The molecule has 4 heteroatoms. The molecule has 1 aliphatic heterocycles. The van der Waals surface area contributed by atoms with Gasteiger partial charge in [0, 0.05) is 18.3 Å². The fraction of sp³-hybridized carbons (Fsp3) is 0.316. The Kier molecular flexibility index (Phi) is 2.83. The SMILES string of the molecule is c1ccc(C2=NNC(c3ccccn3)=C3C4CCC(C4)C23)nc1. The lowest BCUT2D eigenvalue weighted by atomic mass is 9.78. The van der Waals surface area contributed by atoms with Crippen molar-refractivity contribution in [1.29, 1.82) is 0 Å². The van der Waals surface area contributed by atoms with Gasteiger partial charge in [-0.15, -0.1) is 0 Å². The van der Waals surface area contributed by atoms with E-state index in [1.165, 1.54) is 24.8 Å². The van der Waals surface area contributed by atoms with Crippen LogP contribution in [0.3, 0.4) is 0 Å². The summed E-state index contributed by atoms with van der Waals surface area (Å²) in [6.45, 7) is 0. The molecule has 2 saturated carbocycles. The van der Waals surface area contributed by atoms with Crippen LogP contribution in [-0.4, -0.2) is 15.7 Å². The van der Waals surface area contributed by atoms with E-state index >= 15 is 0 Å². The molecular formula is C19H18N4. The van der Waals surface area contributed by atoms with Crippen LogP contribution >= 0.6 is 0 Å². The molecule has 0 radical (unpaired) electrons. The number of rotatable bonds is 2. The van der Waals surface area contributed by atoms with E-state index in [0.29, 0.717) is 17.8 Å². The van der Waals surface area contributed by atoms with Gasteiger partial charge in [-0.05, 0) is 60.9 Å². The summed E-state index contributed by atoms with van der Waals surface area (Å²) in [7, 11) is 0. The predicted molar refractivity (Wildman–Crippen MR) is 89.4 cm³/mol. The van der Waals surface area contributed by atoms with E-state index in [1.54, 1.807) is 0 Å². The number of allylic oxidation sites excluding steroid dienone is 1. The molecule has 2 aliphatic carbocycles. The predicted octanol–water partition coefficient (Wildman–Crippen LogP) is 3.24. The van der Waals surface area contributed by atoms with Gasteiger partial charge in [-0.3, -0.25) is 15.4 Å². The molecular weight excluding hydrogens is 284 g/mol. The van der Waals surface area contributed by atoms with Gasteiger partial charge in [0.25, 0.3) is 0 Å². The van der Waals surface area contributed by atoms with Gasteiger partial charge in [0.1, 0.15) is 0 Å². The van der Waals surface area contributed by atoms with E-state index in [-0.39, 0.29) is 0 Å². The topological polar surface area (TPSA) is 50.2 Å². The number of nitrogens with one attached hydrogen (secondary N) is 1. The lowest BCUT2D eigenvalue weighted by Crippen LogP contribution is -2.33. The van der Waals surface area contributed by atoms with E-state index in [1.807, 2.05) is 36.7 Å². The summed E-state index contributed by atoms with van der Waals surface area (Å²) in [5, 5.41) is 4.73. The van der Waals surface area contributed by atoms with Crippen LogP contribution in [0.5, 0.6) is 0 Å². The Labute approximate surface area is 135 Å². The highest BCUT2D eigenvalue weighted by Gasteiger charge is 2.49. The average molecular weight is 302 g/mol. The van der Waals surface area contributed by atoms with Crippen molar-refractivity contribution in [3.05, 3.63) is 65.8 Å². The molecule has 23 heavy (non-hydrogen) atoms. The van der Waals surface area contributed by atoms with Gasteiger partial charge in [-0.25, -0.2) is 0 Å². The Hall–Kier alpha value is -2.49. The zero-order chi connectivity index (χ0) is 15.2. The second kappa shape index (κ2) is 5.01. The fourth-order valence-electron chi connectivity index (χ4n) is 4.54.